The highest BCUT2D eigenvalue weighted by atomic mass is 15.0. The lowest BCUT2D eigenvalue weighted by Crippen LogP contribution is -2.24. The van der Waals surface area contributed by atoms with Crippen LogP contribution in [0.15, 0.2) is 12.2 Å². The van der Waals surface area contributed by atoms with E-state index in [1.165, 1.54) is 13.0 Å². The molecule has 1 aliphatic rings. The van der Waals surface area contributed by atoms with Crippen LogP contribution in [0, 0.1) is 11.8 Å². The molecule has 0 bridgehead atoms. The van der Waals surface area contributed by atoms with Crippen molar-refractivity contribution in [2.75, 3.05) is 6.54 Å². The highest BCUT2D eigenvalue weighted by Gasteiger charge is 2.29. The van der Waals surface area contributed by atoms with Crippen LogP contribution in [0.1, 0.15) is 27.2 Å². The van der Waals surface area contributed by atoms with Crippen LogP contribution in [0.3, 0.4) is 0 Å². The van der Waals surface area contributed by atoms with Gasteiger partial charge in [-0.15, -0.1) is 0 Å². The van der Waals surface area contributed by atoms with Gasteiger partial charge in [-0.2, -0.15) is 0 Å². The van der Waals surface area contributed by atoms with E-state index in [0.29, 0.717) is 6.04 Å². The van der Waals surface area contributed by atoms with E-state index in [1.54, 1.807) is 0 Å². The molecule has 0 spiro atoms. The molecule has 0 aromatic rings. The lowest BCUT2D eigenvalue weighted by atomic mass is 9.89. The first-order chi connectivity index (χ1) is 5.29. The van der Waals surface area contributed by atoms with Gasteiger partial charge in [0.1, 0.15) is 0 Å². The largest absolute Gasteiger partial charge is 0.310 e. The summed E-state index contributed by atoms with van der Waals surface area (Å²) >= 11 is 0. The molecule has 11 heavy (non-hydrogen) atoms. The van der Waals surface area contributed by atoms with Gasteiger partial charge in [0.25, 0.3) is 0 Å². The maximum Gasteiger partial charge on any atom is 0.0281 e. The molecule has 1 N–H and O–H groups in total. The predicted octanol–water partition coefficient (Wildman–Crippen LogP) is 2.20. The van der Waals surface area contributed by atoms with E-state index in [9.17, 15) is 0 Å². The lowest BCUT2D eigenvalue weighted by Gasteiger charge is -2.16. The maximum absolute atomic E-state index is 3.52. The third-order valence-corrected chi connectivity index (χ3v) is 2.74. The molecule has 1 rings (SSSR count). The number of allylic oxidation sites excluding steroid dienone is 1. The van der Waals surface area contributed by atoms with Gasteiger partial charge in [0, 0.05) is 6.04 Å². The Morgan fingerprint density at radius 1 is 1.55 bits per heavy atom. The first kappa shape index (κ1) is 8.79. The van der Waals surface area contributed by atoms with Gasteiger partial charge in [0.15, 0.2) is 0 Å². The quantitative estimate of drug-likeness (QED) is 0.600. The minimum Gasteiger partial charge on any atom is -0.310 e. The molecule has 0 radical (unpaired) electrons. The Labute approximate surface area is 69.9 Å². The molecule has 0 saturated carbocycles. The average Bonchev–Trinajstić information content (AvgIpc) is 2.33. The summed E-state index contributed by atoms with van der Waals surface area (Å²) in [6, 6.07) is 0.639. The zero-order valence-electron chi connectivity index (χ0n) is 7.80. The molecule has 0 aromatic heterocycles. The molecule has 1 heterocycles. The molecule has 1 fully saturated rings. The van der Waals surface area contributed by atoms with Gasteiger partial charge in [-0.3, -0.25) is 0 Å². The van der Waals surface area contributed by atoms with Gasteiger partial charge in [0.2, 0.25) is 0 Å². The first-order valence-electron chi connectivity index (χ1n) is 4.65. The normalized spacial score (nSPS) is 38.6. The SMILES string of the molecule is C/C=C\C1NCC(C)C1CC. The van der Waals surface area contributed by atoms with Crippen LogP contribution in [0.2, 0.25) is 0 Å². The minimum absolute atomic E-state index is 0.639. The summed E-state index contributed by atoms with van der Waals surface area (Å²) in [5.74, 6) is 1.70. The monoisotopic (exact) mass is 153 g/mol. The van der Waals surface area contributed by atoms with E-state index in [0.717, 1.165) is 11.8 Å². The highest BCUT2D eigenvalue weighted by Crippen LogP contribution is 2.25. The molecule has 1 heteroatoms. The third-order valence-electron chi connectivity index (χ3n) is 2.74. The van der Waals surface area contributed by atoms with Crippen molar-refractivity contribution in [3.8, 4) is 0 Å². The van der Waals surface area contributed by atoms with Gasteiger partial charge in [0.05, 0.1) is 0 Å². The third kappa shape index (κ3) is 1.84. The van der Waals surface area contributed by atoms with Crippen molar-refractivity contribution in [3.05, 3.63) is 12.2 Å². The van der Waals surface area contributed by atoms with Gasteiger partial charge in [-0.1, -0.05) is 32.4 Å². The van der Waals surface area contributed by atoms with Crippen LogP contribution in [0.5, 0.6) is 0 Å². The van der Waals surface area contributed by atoms with Crippen molar-refractivity contribution in [2.24, 2.45) is 11.8 Å². The number of rotatable bonds is 2. The van der Waals surface area contributed by atoms with E-state index in [1.807, 2.05) is 0 Å². The first-order valence-corrected chi connectivity index (χ1v) is 4.65. The Bertz CT molecular complexity index is 140. The van der Waals surface area contributed by atoms with Crippen molar-refractivity contribution in [3.63, 3.8) is 0 Å². The van der Waals surface area contributed by atoms with E-state index in [2.05, 4.69) is 38.2 Å². The fraction of sp³-hybridized carbons (Fsp3) is 0.800. The van der Waals surface area contributed by atoms with Crippen molar-refractivity contribution >= 4 is 0 Å². The van der Waals surface area contributed by atoms with Crippen molar-refractivity contribution in [2.45, 2.75) is 33.2 Å². The van der Waals surface area contributed by atoms with E-state index in [-0.39, 0.29) is 0 Å². The van der Waals surface area contributed by atoms with Crippen LogP contribution >= 0.6 is 0 Å². The van der Waals surface area contributed by atoms with Crippen molar-refractivity contribution in [1.29, 1.82) is 0 Å². The van der Waals surface area contributed by atoms with Crippen LogP contribution in [0.4, 0.5) is 0 Å². The molecule has 0 aliphatic carbocycles. The highest BCUT2D eigenvalue weighted by molar-refractivity contribution is 5.00. The second kappa shape index (κ2) is 3.91. The fourth-order valence-corrected chi connectivity index (χ4v) is 2.05. The van der Waals surface area contributed by atoms with Gasteiger partial charge >= 0.3 is 0 Å². The zero-order valence-corrected chi connectivity index (χ0v) is 7.80. The van der Waals surface area contributed by atoms with Gasteiger partial charge in [-0.05, 0) is 25.3 Å². The zero-order chi connectivity index (χ0) is 8.27. The number of hydrogen-bond donors (Lipinski definition) is 1. The summed E-state index contributed by atoms with van der Waals surface area (Å²) in [5.41, 5.74) is 0. The summed E-state index contributed by atoms with van der Waals surface area (Å²) in [4.78, 5) is 0. The molecule has 1 aliphatic heterocycles. The summed E-state index contributed by atoms with van der Waals surface area (Å²) in [5, 5.41) is 3.52. The molecule has 3 atom stereocenters. The Morgan fingerprint density at radius 2 is 2.27 bits per heavy atom. The smallest absolute Gasteiger partial charge is 0.0281 e. The Kier molecular flexibility index (Phi) is 3.13. The Morgan fingerprint density at radius 3 is 2.82 bits per heavy atom. The summed E-state index contributed by atoms with van der Waals surface area (Å²) in [7, 11) is 0. The Balaban J connectivity index is 2.53. The Hall–Kier alpha value is -0.300. The van der Waals surface area contributed by atoms with Gasteiger partial charge in [-0.25, -0.2) is 0 Å². The lowest BCUT2D eigenvalue weighted by molar-refractivity contribution is 0.404. The van der Waals surface area contributed by atoms with Crippen LogP contribution in [-0.2, 0) is 0 Å². The molecule has 3 unspecified atom stereocenters. The standard InChI is InChI=1S/C10H19N/c1-4-6-10-9(5-2)8(3)7-11-10/h4,6,8-11H,5,7H2,1-3H3/b6-4-. The molecule has 1 saturated heterocycles. The van der Waals surface area contributed by atoms with Crippen LogP contribution < -0.4 is 5.32 Å². The number of nitrogens with one attached hydrogen (secondary N) is 1. The van der Waals surface area contributed by atoms with Gasteiger partial charge < -0.3 is 5.32 Å². The van der Waals surface area contributed by atoms with Crippen LogP contribution in [-0.4, -0.2) is 12.6 Å². The second-order valence-electron chi connectivity index (χ2n) is 3.51. The summed E-state index contributed by atoms with van der Waals surface area (Å²) in [6.07, 6.45) is 5.74. The molecular weight excluding hydrogens is 134 g/mol. The summed E-state index contributed by atoms with van der Waals surface area (Å²) in [6.45, 7) is 7.90. The topological polar surface area (TPSA) is 12.0 Å². The summed E-state index contributed by atoms with van der Waals surface area (Å²) < 4.78 is 0. The molecule has 64 valence electrons. The number of hydrogen-bond acceptors (Lipinski definition) is 1. The molecule has 0 aromatic carbocycles. The van der Waals surface area contributed by atoms with Crippen LogP contribution in [0.25, 0.3) is 0 Å². The molecular formula is C10H19N. The molecule has 1 nitrogen and oxygen atoms in total. The average molecular weight is 153 g/mol. The second-order valence-corrected chi connectivity index (χ2v) is 3.51. The van der Waals surface area contributed by atoms with E-state index < -0.39 is 0 Å². The maximum atomic E-state index is 3.52. The van der Waals surface area contributed by atoms with Crippen molar-refractivity contribution in [1.82, 2.24) is 5.32 Å². The van der Waals surface area contributed by atoms with E-state index in [4.69, 9.17) is 0 Å². The van der Waals surface area contributed by atoms with E-state index >= 15 is 0 Å². The fourth-order valence-electron chi connectivity index (χ4n) is 2.05. The molecule has 0 amide bonds. The predicted molar refractivity (Wildman–Crippen MR) is 49.5 cm³/mol. The minimum atomic E-state index is 0.639. The van der Waals surface area contributed by atoms with Crippen molar-refractivity contribution < 1.29 is 0 Å².